The van der Waals surface area contributed by atoms with Gasteiger partial charge in [-0.05, 0) is 42.0 Å². The summed E-state index contributed by atoms with van der Waals surface area (Å²) in [6.07, 6.45) is 8.40. The van der Waals surface area contributed by atoms with E-state index in [-0.39, 0.29) is 11.0 Å². The largest absolute Gasteiger partial charge is 0.385 e. The lowest BCUT2D eigenvalue weighted by Crippen LogP contribution is -2.55. The van der Waals surface area contributed by atoms with Crippen LogP contribution in [0.15, 0.2) is 41.6 Å². The Morgan fingerprint density at radius 1 is 1.14 bits per heavy atom. The predicted octanol–water partition coefficient (Wildman–Crippen LogP) is 1.88. The molecular formula is C18H21N3. The summed E-state index contributed by atoms with van der Waals surface area (Å²) in [7, 11) is 0. The smallest absolute Gasteiger partial charge is 0.0459 e. The van der Waals surface area contributed by atoms with Gasteiger partial charge in [-0.2, -0.15) is 0 Å². The van der Waals surface area contributed by atoms with Crippen molar-refractivity contribution < 1.29 is 0 Å². The van der Waals surface area contributed by atoms with Crippen molar-refractivity contribution >= 4 is 6.08 Å². The van der Waals surface area contributed by atoms with Gasteiger partial charge in [-0.1, -0.05) is 30.3 Å². The minimum atomic E-state index is 0.212. The van der Waals surface area contributed by atoms with Gasteiger partial charge in [0, 0.05) is 36.4 Å². The first kappa shape index (κ1) is 12.0. The summed E-state index contributed by atoms with van der Waals surface area (Å²) in [6.45, 7) is 3.12. The molecule has 2 atom stereocenters. The van der Waals surface area contributed by atoms with E-state index in [2.05, 4.69) is 52.4 Å². The number of nitrogens with one attached hydrogen (secondary N) is 3. The zero-order valence-electron chi connectivity index (χ0n) is 12.2. The van der Waals surface area contributed by atoms with Crippen LogP contribution < -0.4 is 16.0 Å². The van der Waals surface area contributed by atoms with E-state index in [9.17, 15) is 0 Å². The van der Waals surface area contributed by atoms with Crippen molar-refractivity contribution in [2.45, 2.75) is 30.2 Å². The highest BCUT2D eigenvalue weighted by Crippen LogP contribution is 2.54. The van der Waals surface area contributed by atoms with Crippen LogP contribution in [0.2, 0.25) is 0 Å². The maximum Gasteiger partial charge on any atom is 0.0459 e. The molecule has 2 saturated heterocycles. The lowest BCUT2D eigenvalue weighted by atomic mass is 9.56. The van der Waals surface area contributed by atoms with Gasteiger partial charge < -0.3 is 10.6 Å². The third-order valence-corrected chi connectivity index (χ3v) is 5.84. The molecule has 1 spiro atoms. The van der Waals surface area contributed by atoms with Crippen molar-refractivity contribution in [3.8, 4) is 0 Å². The van der Waals surface area contributed by atoms with Gasteiger partial charge in [0.25, 0.3) is 0 Å². The minimum Gasteiger partial charge on any atom is -0.385 e. The Morgan fingerprint density at radius 3 is 3.00 bits per heavy atom. The maximum absolute atomic E-state index is 3.74. The second kappa shape index (κ2) is 3.99. The van der Waals surface area contributed by atoms with E-state index in [1.165, 1.54) is 29.7 Å². The van der Waals surface area contributed by atoms with Gasteiger partial charge in [-0.25, -0.2) is 0 Å². The van der Waals surface area contributed by atoms with E-state index in [1.807, 2.05) is 0 Å². The molecule has 3 nitrogen and oxygen atoms in total. The average molecular weight is 279 g/mol. The van der Waals surface area contributed by atoms with Crippen LogP contribution in [0.1, 0.15) is 30.4 Å². The quantitative estimate of drug-likeness (QED) is 0.679. The summed E-state index contributed by atoms with van der Waals surface area (Å²) < 4.78 is 0. The fourth-order valence-corrected chi connectivity index (χ4v) is 4.94. The first-order valence-corrected chi connectivity index (χ1v) is 8.03. The molecule has 21 heavy (non-hydrogen) atoms. The minimum absolute atomic E-state index is 0.212. The summed E-state index contributed by atoms with van der Waals surface area (Å²) in [6, 6.07) is 8.98. The lowest BCUT2D eigenvalue weighted by Gasteiger charge is -2.52. The molecular weight excluding hydrogens is 258 g/mol. The van der Waals surface area contributed by atoms with Crippen molar-refractivity contribution in [3.63, 3.8) is 0 Å². The topological polar surface area (TPSA) is 36.1 Å². The normalized spacial score (nSPS) is 36.4. The van der Waals surface area contributed by atoms with Gasteiger partial charge in [0.2, 0.25) is 0 Å². The fraction of sp³-hybridized carbons (Fsp3) is 0.444. The van der Waals surface area contributed by atoms with Gasteiger partial charge in [0.1, 0.15) is 0 Å². The lowest BCUT2D eigenvalue weighted by molar-refractivity contribution is 0.247. The Labute approximate surface area is 125 Å². The van der Waals surface area contributed by atoms with E-state index in [0.717, 1.165) is 26.2 Å². The van der Waals surface area contributed by atoms with Crippen molar-refractivity contribution in [2.24, 2.45) is 0 Å². The SMILES string of the molecule is C1=C2NCCC3(CC4(CC=C23)CNCN4)c2ccccc21. The summed E-state index contributed by atoms with van der Waals surface area (Å²) in [4.78, 5) is 0. The summed E-state index contributed by atoms with van der Waals surface area (Å²) in [5.41, 5.74) is 6.31. The standard InChI is InChI=1S/C18H21N3/c1-2-4-14-13(3-1)9-16-15-5-6-17(11-19-12-21-17)10-18(14,15)7-8-20-16/h1-5,9,19-21H,6-8,10-12H2. The molecule has 2 fully saturated rings. The second-order valence-electron chi connectivity index (χ2n) is 6.96. The van der Waals surface area contributed by atoms with Gasteiger partial charge in [0.15, 0.2) is 0 Å². The Bertz CT molecular complexity index is 667. The third kappa shape index (κ3) is 1.51. The molecule has 2 bridgehead atoms. The van der Waals surface area contributed by atoms with Gasteiger partial charge in [-0.3, -0.25) is 5.32 Å². The van der Waals surface area contributed by atoms with Crippen LogP contribution >= 0.6 is 0 Å². The van der Waals surface area contributed by atoms with Crippen LogP contribution in [0.5, 0.6) is 0 Å². The Hall–Kier alpha value is -1.58. The third-order valence-electron chi connectivity index (χ3n) is 5.84. The van der Waals surface area contributed by atoms with Crippen LogP contribution in [0, 0.1) is 0 Å². The number of hydrogen-bond donors (Lipinski definition) is 3. The first-order chi connectivity index (χ1) is 10.3. The molecule has 3 N–H and O–H groups in total. The molecule has 108 valence electrons. The Balaban J connectivity index is 1.74. The first-order valence-electron chi connectivity index (χ1n) is 8.03. The molecule has 2 aliphatic carbocycles. The molecule has 5 rings (SSSR count). The molecule has 1 aromatic carbocycles. The molecule has 4 aliphatic rings. The molecule has 2 heterocycles. The van der Waals surface area contributed by atoms with Crippen LogP contribution in [-0.2, 0) is 5.41 Å². The molecule has 0 aromatic heterocycles. The van der Waals surface area contributed by atoms with Gasteiger partial charge >= 0.3 is 0 Å². The maximum atomic E-state index is 3.74. The van der Waals surface area contributed by atoms with Crippen molar-refractivity contribution in [1.82, 2.24) is 16.0 Å². The average Bonchev–Trinajstić information content (AvgIpc) is 2.94. The molecule has 2 unspecified atom stereocenters. The van der Waals surface area contributed by atoms with E-state index in [0.29, 0.717) is 0 Å². The van der Waals surface area contributed by atoms with Gasteiger partial charge in [0.05, 0.1) is 0 Å². The highest BCUT2D eigenvalue weighted by atomic mass is 15.2. The highest BCUT2D eigenvalue weighted by molar-refractivity contribution is 5.72. The second-order valence-corrected chi connectivity index (χ2v) is 6.96. The molecule has 0 amide bonds. The molecule has 0 radical (unpaired) electrons. The molecule has 1 aromatic rings. The monoisotopic (exact) mass is 279 g/mol. The zero-order valence-corrected chi connectivity index (χ0v) is 12.2. The van der Waals surface area contributed by atoms with Crippen molar-refractivity contribution in [1.29, 1.82) is 0 Å². The zero-order chi connectivity index (χ0) is 13.9. The summed E-state index contributed by atoms with van der Waals surface area (Å²) in [5.74, 6) is 0. The summed E-state index contributed by atoms with van der Waals surface area (Å²) >= 11 is 0. The molecule has 0 saturated carbocycles. The number of hydrogen-bond acceptors (Lipinski definition) is 3. The number of allylic oxidation sites excluding steroid dienone is 1. The van der Waals surface area contributed by atoms with Crippen LogP contribution in [0.3, 0.4) is 0 Å². The van der Waals surface area contributed by atoms with Crippen molar-refractivity contribution in [2.75, 3.05) is 19.8 Å². The number of fused-ring (bicyclic) bond motifs is 1. The number of rotatable bonds is 0. The van der Waals surface area contributed by atoms with E-state index in [1.54, 1.807) is 5.57 Å². The van der Waals surface area contributed by atoms with Crippen molar-refractivity contribution in [3.05, 3.63) is 52.7 Å². The van der Waals surface area contributed by atoms with Crippen LogP contribution in [-0.4, -0.2) is 25.3 Å². The highest BCUT2D eigenvalue weighted by Gasteiger charge is 2.52. The number of benzene rings is 1. The predicted molar refractivity (Wildman–Crippen MR) is 84.8 cm³/mol. The summed E-state index contributed by atoms with van der Waals surface area (Å²) in [5, 5.41) is 10.9. The molecule has 3 heteroatoms. The van der Waals surface area contributed by atoms with E-state index >= 15 is 0 Å². The van der Waals surface area contributed by atoms with Gasteiger partial charge in [-0.15, -0.1) is 0 Å². The van der Waals surface area contributed by atoms with Crippen LogP contribution in [0.25, 0.3) is 6.08 Å². The van der Waals surface area contributed by atoms with E-state index < -0.39 is 0 Å². The molecule has 2 aliphatic heterocycles. The van der Waals surface area contributed by atoms with E-state index in [4.69, 9.17) is 0 Å². The fourth-order valence-electron chi connectivity index (χ4n) is 4.94. The van der Waals surface area contributed by atoms with Crippen LogP contribution in [0.4, 0.5) is 0 Å². The number of piperidine rings is 1. The Kier molecular flexibility index (Phi) is 2.28. The Morgan fingerprint density at radius 2 is 2.10 bits per heavy atom.